The predicted octanol–water partition coefficient (Wildman–Crippen LogP) is 2.62. The number of alkyl halides is 1. The van der Waals surface area contributed by atoms with E-state index in [1.54, 1.807) is 20.8 Å². The molecule has 0 saturated carbocycles. The molecule has 1 amide bonds. The van der Waals surface area contributed by atoms with Gasteiger partial charge in [0, 0.05) is 6.54 Å². The van der Waals surface area contributed by atoms with Gasteiger partial charge in [0.1, 0.15) is 23.7 Å². The Bertz CT molecular complexity index is 610. The number of carbonyl (C=O) groups is 1. The molecule has 0 aliphatic carbocycles. The highest BCUT2D eigenvalue weighted by atomic mass is 19.1. The molecule has 1 fully saturated rings. The molecule has 0 radical (unpaired) electrons. The SMILES string of the molecule is Cc1nn(C2CCN(C(=O)OC(C)(C)C)CC2F)cc1[N+](=O)[O-]. The van der Waals surface area contributed by atoms with Crippen molar-refractivity contribution in [3.8, 4) is 0 Å². The number of hydrogen-bond donors (Lipinski definition) is 0. The van der Waals surface area contributed by atoms with E-state index in [1.165, 1.54) is 22.7 Å². The normalized spacial score (nSPS) is 22.0. The molecule has 1 aromatic rings. The molecule has 0 bridgehead atoms. The molecule has 1 aliphatic rings. The summed E-state index contributed by atoms with van der Waals surface area (Å²) < 4.78 is 21.0. The minimum atomic E-state index is -1.37. The molecule has 1 saturated heterocycles. The van der Waals surface area contributed by atoms with Crippen LogP contribution in [0.5, 0.6) is 0 Å². The van der Waals surface area contributed by atoms with Crippen molar-refractivity contribution in [2.75, 3.05) is 13.1 Å². The first-order valence-corrected chi connectivity index (χ1v) is 7.40. The van der Waals surface area contributed by atoms with Crippen LogP contribution in [0.25, 0.3) is 0 Å². The number of likely N-dealkylation sites (tertiary alicyclic amines) is 1. The fourth-order valence-corrected chi connectivity index (χ4v) is 2.50. The zero-order valence-electron chi connectivity index (χ0n) is 13.7. The Morgan fingerprint density at radius 1 is 1.52 bits per heavy atom. The Hall–Kier alpha value is -2.19. The highest BCUT2D eigenvalue weighted by Crippen LogP contribution is 2.28. The molecule has 1 aliphatic heterocycles. The summed E-state index contributed by atoms with van der Waals surface area (Å²) in [5.74, 6) is 0. The standard InChI is InChI=1S/C14H21FN4O4/c1-9-12(19(21)22)8-18(16-9)11-5-6-17(7-10(11)15)13(20)23-14(2,3)4/h8,10-11H,5-7H2,1-4H3. The Morgan fingerprint density at radius 2 is 2.17 bits per heavy atom. The number of nitro groups is 1. The van der Waals surface area contributed by atoms with E-state index in [4.69, 9.17) is 4.74 Å². The van der Waals surface area contributed by atoms with Gasteiger partial charge < -0.3 is 9.64 Å². The summed E-state index contributed by atoms with van der Waals surface area (Å²) in [6.07, 6.45) is -0.356. The van der Waals surface area contributed by atoms with Gasteiger partial charge in [-0.3, -0.25) is 14.8 Å². The zero-order chi connectivity index (χ0) is 17.4. The number of rotatable bonds is 2. The van der Waals surface area contributed by atoms with Crippen molar-refractivity contribution < 1.29 is 18.8 Å². The number of piperidine rings is 1. The highest BCUT2D eigenvalue weighted by molar-refractivity contribution is 5.68. The molecular weight excluding hydrogens is 307 g/mol. The van der Waals surface area contributed by atoms with Crippen LogP contribution in [0.3, 0.4) is 0 Å². The molecule has 1 aromatic heterocycles. The summed E-state index contributed by atoms with van der Waals surface area (Å²) in [5, 5.41) is 14.9. The maximum absolute atomic E-state index is 14.4. The Labute approximate surface area is 133 Å². The lowest BCUT2D eigenvalue weighted by Gasteiger charge is -2.35. The molecule has 2 atom stereocenters. The van der Waals surface area contributed by atoms with Gasteiger partial charge in [-0.2, -0.15) is 5.10 Å². The second kappa shape index (κ2) is 6.13. The van der Waals surface area contributed by atoms with Crippen molar-refractivity contribution in [3.63, 3.8) is 0 Å². The highest BCUT2D eigenvalue weighted by Gasteiger charge is 2.36. The number of ether oxygens (including phenoxy) is 1. The Kier molecular flexibility index (Phi) is 4.58. The van der Waals surface area contributed by atoms with E-state index in [2.05, 4.69) is 5.10 Å². The molecule has 2 unspecified atom stereocenters. The molecule has 128 valence electrons. The van der Waals surface area contributed by atoms with E-state index < -0.39 is 28.8 Å². The molecule has 0 N–H and O–H groups in total. The van der Waals surface area contributed by atoms with E-state index in [9.17, 15) is 19.3 Å². The van der Waals surface area contributed by atoms with Crippen molar-refractivity contribution in [2.45, 2.75) is 51.9 Å². The van der Waals surface area contributed by atoms with Gasteiger partial charge >= 0.3 is 11.8 Å². The van der Waals surface area contributed by atoms with Crippen LogP contribution >= 0.6 is 0 Å². The van der Waals surface area contributed by atoms with E-state index >= 15 is 0 Å². The molecule has 0 spiro atoms. The van der Waals surface area contributed by atoms with Crippen LogP contribution in [-0.2, 0) is 4.74 Å². The minimum absolute atomic E-state index is 0.119. The van der Waals surface area contributed by atoms with Crippen molar-refractivity contribution in [2.24, 2.45) is 0 Å². The van der Waals surface area contributed by atoms with E-state index in [1.807, 2.05) is 0 Å². The van der Waals surface area contributed by atoms with Crippen LogP contribution in [0.15, 0.2) is 6.20 Å². The van der Waals surface area contributed by atoms with Gasteiger partial charge in [0.2, 0.25) is 0 Å². The lowest BCUT2D eigenvalue weighted by molar-refractivity contribution is -0.385. The summed E-state index contributed by atoms with van der Waals surface area (Å²) in [4.78, 5) is 23.6. The zero-order valence-corrected chi connectivity index (χ0v) is 13.7. The van der Waals surface area contributed by atoms with Gasteiger partial charge in [-0.15, -0.1) is 0 Å². The minimum Gasteiger partial charge on any atom is -0.444 e. The van der Waals surface area contributed by atoms with Gasteiger partial charge in [0.15, 0.2) is 0 Å². The fraction of sp³-hybridized carbons (Fsp3) is 0.714. The fourth-order valence-electron chi connectivity index (χ4n) is 2.50. The lowest BCUT2D eigenvalue weighted by Crippen LogP contribution is -2.47. The third-order valence-corrected chi connectivity index (χ3v) is 3.59. The summed E-state index contributed by atoms with van der Waals surface area (Å²) in [6.45, 7) is 6.94. The second-order valence-electron chi connectivity index (χ2n) is 6.64. The number of aryl methyl sites for hydroxylation is 1. The maximum atomic E-state index is 14.4. The van der Waals surface area contributed by atoms with Crippen LogP contribution in [0.1, 0.15) is 38.9 Å². The smallest absolute Gasteiger partial charge is 0.410 e. The van der Waals surface area contributed by atoms with Gasteiger partial charge in [0.25, 0.3) is 0 Å². The number of nitrogens with zero attached hydrogens (tertiary/aromatic N) is 4. The largest absolute Gasteiger partial charge is 0.444 e. The molecular formula is C14H21FN4O4. The molecule has 2 heterocycles. The van der Waals surface area contributed by atoms with Crippen molar-refractivity contribution in [1.82, 2.24) is 14.7 Å². The number of halogens is 1. The van der Waals surface area contributed by atoms with E-state index in [0.717, 1.165) is 0 Å². The van der Waals surface area contributed by atoms with Crippen LogP contribution in [-0.4, -0.2) is 50.6 Å². The topological polar surface area (TPSA) is 90.5 Å². The van der Waals surface area contributed by atoms with E-state index in [-0.39, 0.29) is 17.9 Å². The number of amides is 1. The molecule has 23 heavy (non-hydrogen) atoms. The Morgan fingerprint density at radius 3 is 2.65 bits per heavy atom. The Balaban J connectivity index is 2.06. The first-order chi connectivity index (χ1) is 10.6. The monoisotopic (exact) mass is 328 g/mol. The summed E-state index contributed by atoms with van der Waals surface area (Å²) in [6, 6.07) is -0.624. The average Bonchev–Trinajstić information content (AvgIpc) is 2.78. The van der Waals surface area contributed by atoms with Gasteiger partial charge in [0.05, 0.1) is 17.5 Å². The molecule has 8 nitrogen and oxygen atoms in total. The average molecular weight is 328 g/mol. The van der Waals surface area contributed by atoms with Gasteiger partial charge in [-0.1, -0.05) is 0 Å². The molecule has 0 aromatic carbocycles. The maximum Gasteiger partial charge on any atom is 0.410 e. The molecule has 2 rings (SSSR count). The van der Waals surface area contributed by atoms with Crippen LogP contribution in [0.2, 0.25) is 0 Å². The van der Waals surface area contributed by atoms with Crippen molar-refractivity contribution in [1.29, 1.82) is 0 Å². The summed E-state index contributed by atoms with van der Waals surface area (Å²) >= 11 is 0. The first kappa shape index (κ1) is 17.2. The third-order valence-electron chi connectivity index (χ3n) is 3.59. The summed E-state index contributed by atoms with van der Waals surface area (Å²) in [5.41, 5.74) is -0.525. The summed E-state index contributed by atoms with van der Waals surface area (Å²) in [7, 11) is 0. The molecule has 9 heteroatoms. The quantitative estimate of drug-likeness (QED) is 0.615. The second-order valence-corrected chi connectivity index (χ2v) is 6.64. The van der Waals surface area contributed by atoms with Crippen LogP contribution in [0, 0.1) is 17.0 Å². The first-order valence-electron chi connectivity index (χ1n) is 7.40. The van der Waals surface area contributed by atoms with Gasteiger partial charge in [-0.25, -0.2) is 9.18 Å². The number of hydrogen-bond acceptors (Lipinski definition) is 5. The van der Waals surface area contributed by atoms with E-state index in [0.29, 0.717) is 13.0 Å². The van der Waals surface area contributed by atoms with Crippen molar-refractivity contribution >= 4 is 11.8 Å². The lowest BCUT2D eigenvalue weighted by atomic mass is 10.0. The number of carbonyl (C=O) groups excluding carboxylic acids is 1. The van der Waals surface area contributed by atoms with Crippen molar-refractivity contribution in [3.05, 3.63) is 22.0 Å². The van der Waals surface area contributed by atoms with Crippen LogP contribution < -0.4 is 0 Å². The third kappa shape index (κ3) is 3.96. The van der Waals surface area contributed by atoms with Gasteiger partial charge in [-0.05, 0) is 34.1 Å². The number of aromatic nitrogens is 2. The predicted molar refractivity (Wildman–Crippen MR) is 80.0 cm³/mol. The van der Waals surface area contributed by atoms with Crippen LogP contribution in [0.4, 0.5) is 14.9 Å².